The molecule has 1 amide bonds. The fourth-order valence-electron chi connectivity index (χ4n) is 2.18. The first kappa shape index (κ1) is 18.5. The number of thioether (sulfide) groups is 1. The third-order valence-corrected chi connectivity index (χ3v) is 5.86. The number of rotatable bonds is 7. The van der Waals surface area contributed by atoms with Gasteiger partial charge in [0.2, 0.25) is 5.91 Å². The molecule has 1 N–H and O–H groups in total. The van der Waals surface area contributed by atoms with Gasteiger partial charge in [0.1, 0.15) is 0 Å². The molecule has 6 heteroatoms. The zero-order valence-corrected chi connectivity index (χ0v) is 15.8. The average molecular weight is 360 g/mol. The summed E-state index contributed by atoms with van der Waals surface area (Å²) in [6, 6.07) is 10.5. The Morgan fingerprint density at radius 3 is 2.71 bits per heavy atom. The summed E-state index contributed by atoms with van der Waals surface area (Å²) in [5, 5.41) is 12.1. The molecule has 126 valence electrons. The summed E-state index contributed by atoms with van der Waals surface area (Å²) in [5.74, 6) is 0.875. The van der Waals surface area contributed by atoms with Crippen molar-refractivity contribution in [3.8, 4) is 6.07 Å². The van der Waals surface area contributed by atoms with Gasteiger partial charge in [-0.05, 0) is 30.4 Å². The number of carbonyl (C=O) groups excluding carboxylic acids is 1. The van der Waals surface area contributed by atoms with Gasteiger partial charge in [-0.2, -0.15) is 5.26 Å². The van der Waals surface area contributed by atoms with Gasteiger partial charge in [0.05, 0.1) is 21.7 Å². The summed E-state index contributed by atoms with van der Waals surface area (Å²) in [6.45, 7) is 6.23. The number of nitrogens with zero attached hydrogens (tertiary/aromatic N) is 2. The van der Waals surface area contributed by atoms with Crippen LogP contribution < -0.4 is 5.32 Å². The lowest BCUT2D eigenvalue weighted by Crippen LogP contribution is -2.12. The first-order chi connectivity index (χ1) is 11.5. The van der Waals surface area contributed by atoms with Crippen LogP contribution in [0.2, 0.25) is 0 Å². The number of amides is 1. The van der Waals surface area contributed by atoms with Gasteiger partial charge in [-0.3, -0.25) is 4.79 Å². The Morgan fingerprint density at radius 2 is 2.08 bits per heavy atom. The van der Waals surface area contributed by atoms with Gasteiger partial charge in [0, 0.05) is 6.42 Å². The number of nitrogens with one attached hydrogen (secondary N) is 1. The van der Waals surface area contributed by atoms with Crippen LogP contribution >= 0.6 is 23.1 Å². The number of nitriles is 1. The van der Waals surface area contributed by atoms with Gasteiger partial charge in [0.15, 0.2) is 5.13 Å². The first-order valence-electron chi connectivity index (χ1n) is 7.85. The molecule has 0 aliphatic rings. The minimum absolute atomic E-state index is 0.0338. The van der Waals surface area contributed by atoms with E-state index >= 15 is 0 Å². The fourth-order valence-corrected chi connectivity index (χ4v) is 3.99. The molecule has 0 spiro atoms. The summed E-state index contributed by atoms with van der Waals surface area (Å²) >= 11 is 2.88. The van der Waals surface area contributed by atoms with E-state index in [-0.39, 0.29) is 5.91 Å². The smallest absolute Gasteiger partial charge is 0.226 e. The molecule has 2 aromatic rings. The van der Waals surface area contributed by atoms with Crippen molar-refractivity contribution >= 4 is 34.1 Å². The Hall–Kier alpha value is -1.84. The molecule has 1 heterocycles. The number of hydrogen-bond acceptors (Lipinski definition) is 5. The standard InChI is InChI=1S/C18H21N3OS2/c1-12(2)15-7-4-14(5-8-15)6-9-16(22)21-18-20-13(3)17(24-18)23-11-10-19/h4-5,7-8,12H,6,9,11H2,1-3H3,(H,20,21,22). The highest BCUT2D eigenvalue weighted by atomic mass is 32.2. The number of carbonyl (C=O) groups is 1. The fraction of sp³-hybridized carbons (Fsp3) is 0.389. The number of thiazole rings is 1. The van der Waals surface area contributed by atoms with Crippen molar-refractivity contribution in [3.63, 3.8) is 0 Å². The van der Waals surface area contributed by atoms with Gasteiger partial charge in [0.25, 0.3) is 0 Å². The van der Waals surface area contributed by atoms with E-state index in [1.54, 1.807) is 0 Å². The maximum Gasteiger partial charge on any atom is 0.226 e. The van der Waals surface area contributed by atoms with Gasteiger partial charge < -0.3 is 5.32 Å². The molecule has 0 fully saturated rings. The quantitative estimate of drug-likeness (QED) is 0.724. The Kier molecular flexibility index (Phi) is 6.83. The van der Waals surface area contributed by atoms with Crippen LogP contribution in [-0.2, 0) is 11.2 Å². The number of aryl methyl sites for hydroxylation is 2. The molecule has 0 saturated heterocycles. The zero-order valence-electron chi connectivity index (χ0n) is 14.1. The Bertz CT molecular complexity index is 730. The zero-order chi connectivity index (χ0) is 17.5. The highest BCUT2D eigenvalue weighted by molar-refractivity contribution is 8.01. The topological polar surface area (TPSA) is 65.8 Å². The maximum atomic E-state index is 12.1. The summed E-state index contributed by atoms with van der Waals surface area (Å²) in [4.78, 5) is 16.4. The highest BCUT2D eigenvalue weighted by Crippen LogP contribution is 2.31. The van der Waals surface area contributed by atoms with Crippen molar-refractivity contribution in [3.05, 3.63) is 41.1 Å². The highest BCUT2D eigenvalue weighted by Gasteiger charge is 2.11. The van der Waals surface area contributed by atoms with Crippen LogP contribution in [0.5, 0.6) is 0 Å². The normalized spacial score (nSPS) is 10.6. The van der Waals surface area contributed by atoms with Crippen LogP contribution in [0.25, 0.3) is 0 Å². The molecule has 1 aromatic carbocycles. The number of anilines is 1. The second kappa shape index (κ2) is 8.86. The van der Waals surface area contributed by atoms with Crippen LogP contribution in [0, 0.1) is 18.3 Å². The second-order valence-electron chi connectivity index (χ2n) is 5.78. The van der Waals surface area contributed by atoms with Crippen LogP contribution in [-0.4, -0.2) is 16.6 Å². The van der Waals surface area contributed by atoms with E-state index in [0.717, 1.165) is 15.5 Å². The number of benzene rings is 1. The van der Waals surface area contributed by atoms with Crippen LogP contribution in [0.3, 0.4) is 0 Å². The molecule has 0 aliphatic carbocycles. The molecule has 0 radical (unpaired) electrons. The molecule has 0 saturated carbocycles. The minimum atomic E-state index is -0.0338. The van der Waals surface area contributed by atoms with E-state index in [0.29, 0.717) is 29.6 Å². The Morgan fingerprint density at radius 1 is 1.38 bits per heavy atom. The van der Waals surface area contributed by atoms with Crippen molar-refractivity contribution in [2.45, 2.75) is 43.7 Å². The van der Waals surface area contributed by atoms with Crippen molar-refractivity contribution in [1.29, 1.82) is 5.26 Å². The van der Waals surface area contributed by atoms with Crippen molar-refractivity contribution in [2.24, 2.45) is 0 Å². The predicted molar refractivity (Wildman–Crippen MR) is 101 cm³/mol. The minimum Gasteiger partial charge on any atom is -0.302 e. The third-order valence-electron chi connectivity index (χ3n) is 3.56. The van der Waals surface area contributed by atoms with Crippen molar-refractivity contribution < 1.29 is 4.79 Å². The third kappa shape index (κ3) is 5.36. The molecule has 0 aliphatic heterocycles. The lowest BCUT2D eigenvalue weighted by atomic mass is 10.0. The van der Waals surface area contributed by atoms with E-state index in [4.69, 9.17) is 5.26 Å². The van der Waals surface area contributed by atoms with Gasteiger partial charge >= 0.3 is 0 Å². The number of hydrogen-bond donors (Lipinski definition) is 1. The summed E-state index contributed by atoms with van der Waals surface area (Å²) in [6.07, 6.45) is 1.14. The molecule has 0 bridgehead atoms. The van der Waals surface area contributed by atoms with Crippen molar-refractivity contribution in [2.75, 3.05) is 11.1 Å². The maximum absolute atomic E-state index is 12.1. The van der Waals surface area contributed by atoms with Crippen LogP contribution in [0.1, 0.15) is 43.0 Å². The lowest BCUT2D eigenvalue weighted by molar-refractivity contribution is -0.116. The van der Waals surface area contributed by atoms with Crippen molar-refractivity contribution in [1.82, 2.24) is 4.98 Å². The summed E-state index contributed by atoms with van der Waals surface area (Å²) in [5.41, 5.74) is 3.33. The molecule has 0 unspecified atom stereocenters. The largest absolute Gasteiger partial charge is 0.302 e. The molecular weight excluding hydrogens is 338 g/mol. The van der Waals surface area contributed by atoms with E-state index in [9.17, 15) is 4.79 Å². The Balaban J connectivity index is 1.86. The molecular formula is C18H21N3OS2. The van der Waals surface area contributed by atoms with Crippen LogP contribution in [0.15, 0.2) is 28.5 Å². The molecule has 24 heavy (non-hydrogen) atoms. The van der Waals surface area contributed by atoms with E-state index < -0.39 is 0 Å². The average Bonchev–Trinajstić information content (AvgIpc) is 2.90. The lowest BCUT2D eigenvalue weighted by Gasteiger charge is -2.07. The summed E-state index contributed by atoms with van der Waals surface area (Å²) in [7, 11) is 0. The van der Waals surface area contributed by atoms with Gasteiger partial charge in [-0.15, -0.1) is 0 Å². The molecule has 1 aromatic heterocycles. The first-order valence-corrected chi connectivity index (χ1v) is 9.65. The summed E-state index contributed by atoms with van der Waals surface area (Å²) < 4.78 is 0.983. The van der Waals surface area contributed by atoms with E-state index in [1.165, 1.54) is 28.7 Å². The van der Waals surface area contributed by atoms with E-state index in [1.807, 2.05) is 6.92 Å². The van der Waals surface area contributed by atoms with Gasteiger partial charge in [-0.1, -0.05) is 61.2 Å². The van der Waals surface area contributed by atoms with E-state index in [2.05, 4.69) is 54.5 Å². The monoisotopic (exact) mass is 359 g/mol. The predicted octanol–water partition coefficient (Wildman–Crippen LogP) is 4.76. The number of aromatic nitrogens is 1. The van der Waals surface area contributed by atoms with Gasteiger partial charge in [-0.25, -0.2) is 4.98 Å². The SMILES string of the molecule is Cc1nc(NC(=O)CCc2ccc(C(C)C)cc2)sc1SCC#N. The Labute approximate surface area is 151 Å². The second-order valence-corrected chi connectivity index (χ2v) is 8.03. The van der Waals surface area contributed by atoms with Crippen LogP contribution in [0.4, 0.5) is 5.13 Å². The molecule has 4 nitrogen and oxygen atoms in total. The molecule has 0 atom stereocenters. The molecule has 2 rings (SSSR count).